The van der Waals surface area contributed by atoms with Gasteiger partial charge in [0.25, 0.3) is 0 Å². The number of benzene rings is 1. The SMILES string of the molecule is CNc1cn2ccnc2c(Nc2cccc(Br)c2C)n1. The molecule has 1 aromatic carbocycles. The van der Waals surface area contributed by atoms with E-state index in [-0.39, 0.29) is 0 Å². The third kappa shape index (κ3) is 2.22. The number of nitrogens with zero attached hydrogens (tertiary/aromatic N) is 3. The van der Waals surface area contributed by atoms with Crippen LogP contribution in [0.15, 0.2) is 41.3 Å². The molecule has 3 rings (SSSR count). The molecule has 0 aliphatic carbocycles. The van der Waals surface area contributed by atoms with Crippen molar-refractivity contribution in [2.24, 2.45) is 0 Å². The fourth-order valence-electron chi connectivity index (χ4n) is 2.01. The van der Waals surface area contributed by atoms with Crippen LogP contribution in [0.1, 0.15) is 5.56 Å². The molecule has 0 aliphatic rings. The lowest BCUT2D eigenvalue weighted by Gasteiger charge is -2.12. The highest BCUT2D eigenvalue weighted by Crippen LogP contribution is 2.27. The highest BCUT2D eigenvalue weighted by atomic mass is 79.9. The molecule has 0 unspecified atom stereocenters. The summed E-state index contributed by atoms with van der Waals surface area (Å²) in [5, 5.41) is 6.40. The summed E-state index contributed by atoms with van der Waals surface area (Å²) in [5.74, 6) is 1.51. The summed E-state index contributed by atoms with van der Waals surface area (Å²) in [5.41, 5.74) is 2.93. The Balaban J connectivity index is 2.10. The molecule has 2 aromatic heterocycles. The molecular weight excluding hydrogens is 318 g/mol. The molecule has 0 spiro atoms. The summed E-state index contributed by atoms with van der Waals surface area (Å²) in [7, 11) is 1.85. The Hall–Kier alpha value is -2.08. The molecule has 0 atom stereocenters. The number of nitrogens with one attached hydrogen (secondary N) is 2. The van der Waals surface area contributed by atoms with Gasteiger partial charge < -0.3 is 15.0 Å². The zero-order chi connectivity index (χ0) is 14.1. The number of halogens is 1. The van der Waals surface area contributed by atoms with Gasteiger partial charge in [0.2, 0.25) is 0 Å². The average Bonchev–Trinajstić information content (AvgIpc) is 2.92. The quantitative estimate of drug-likeness (QED) is 0.770. The van der Waals surface area contributed by atoms with Gasteiger partial charge in [0, 0.05) is 29.6 Å². The Morgan fingerprint density at radius 2 is 2.15 bits per heavy atom. The van der Waals surface area contributed by atoms with Crippen molar-refractivity contribution in [3.63, 3.8) is 0 Å². The van der Waals surface area contributed by atoms with Crippen LogP contribution in [0.3, 0.4) is 0 Å². The molecular formula is C14H14BrN5. The molecule has 2 N–H and O–H groups in total. The largest absolute Gasteiger partial charge is 0.372 e. The first-order valence-corrected chi connectivity index (χ1v) is 7.02. The monoisotopic (exact) mass is 331 g/mol. The molecule has 3 aromatic rings. The highest BCUT2D eigenvalue weighted by molar-refractivity contribution is 9.10. The number of anilines is 3. The maximum absolute atomic E-state index is 4.54. The van der Waals surface area contributed by atoms with E-state index in [1.54, 1.807) is 6.20 Å². The number of hydrogen-bond donors (Lipinski definition) is 2. The van der Waals surface area contributed by atoms with Crippen LogP contribution in [0.2, 0.25) is 0 Å². The first kappa shape index (κ1) is 12.9. The molecule has 0 saturated carbocycles. The first-order valence-electron chi connectivity index (χ1n) is 6.22. The van der Waals surface area contributed by atoms with Crippen molar-refractivity contribution >= 4 is 38.9 Å². The minimum Gasteiger partial charge on any atom is -0.372 e. The average molecular weight is 332 g/mol. The van der Waals surface area contributed by atoms with Crippen molar-refractivity contribution < 1.29 is 0 Å². The summed E-state index contributed by atoms with van der Waals surface area (Å²) in [6.45, 7) is 2.05. The van der Waals surface area contributed by atoms with Crippen molar-refractivity contribution in [3.05, 3.63) is 46.8 Å². The molecule has 0 aliphatic heterocycles. The van der Waals surface area contributed by atoms with E-state index >= 15 is 0 Å². The normalized spacial score (nSPS) is 10.8. The summed E-state index contributed by atoms with van der Waals surface area (Å²) in [4.78, 5) is 8.88. The fraction of sp³-hybridized carbons (Fsp3) is 0.143. The molecule has 0 amide bonds. The van der Waals surface area contributed by atoms with Crippen LogP contribution in [0, 0.1) is 6.92 Å². The van der Waals surface area contributed by atoms with Gasteiger partial charge in [-0.05, 0) is 24.6 Å². The Labute approximate surface area is 125 Å². The standard InChI is InChI=1S/C14H14BrN5/c1-9-10(15)4-3-5-11(9)18-13-14-17-6-7-20(14)8-12(16-2)19-13/h3-8,16H,1-2H3,(H,18,19). The molecule has 2 heterocycles. The van der Waals surface area contributed by atoms with Gasteiger partial charge >= 0.3 is 0 Å². The Bertz CT molecular complexity index is 765. The van der Waals surface area contributed by atoms with E-state index in [1.807, 2.05) is 42.0 Å². The van der Waals surface area contributed by atoms with Crippen LogP contribution < -0.4 is 10.6 Å². The number of fused-ring (bicyclic) bond motifs is 1. The molecule has 0 fully saturated rings. The molecule has 5 nitrogen and oxygen atoms in total. The van der Waals surface area contributed by atoms with E-state index in [1.165, 1.54) is 0 Å². The zero-order valence-corrected chi connectivity index (χ0v) is 12.8. The molecule has 20 heavy (non-hydrogen) atoms. The van der Waals surface area contributed by atoms with Gasteiger partial charge in [-0.15, -0.1) is 0 Å². The summed E-state index contributed by atoms with van der Waals surface area (Å²) in [6.07, 6.45) is 5.56. The first-order chi connectivity index (χ1) is 9.69. The lowest BCUT2D eigenvalue weighted by molar-refractivity contribution is 1.12. The van der Waals surface area contributed by atoms with Crippen molar-refractivity contribution in [1.82, 2.24) is 14.4 Å². The molecule has 0 bridgehead atoms. The van der Waals surface area contributed by atoms with Crippen LogP contribution in [0.4, 0.5) is 17.3 Å². The van der Waals surface area contributed by atoms with Gasteiger partial charge in [-0.3, -0.25) is 0 Å². The van der Waals surface area contributed by atoms with E-state index in [9.17, 15) is 0 Å². The Morgan fingerprint density at radius 1 is 1.30 bits per heavy atom. The van der Waals surface area contributed by atoms with Gasteiger partial charge in [0.1, 0.15) is 5.82 Å². The van der Waals surface area contributed by atoms with Gasteiger partial charge in [-0.2, -0.15) is 0 Å². The van der Waals surface area contributed by atoms with Crippen molar-refractivity contribution in [1.29, 1.82) is 0 Å². The van der Waals surface area contributed by atoms with Crippen LogP contribution in [0.5, 0.6) is 0 Å². The second kappa shape index (κ2) is 5.13. The maximum Gasteiger partial charge on any atom is 0.180 e. The van der Waals surface area contributed by atoms with E-state index in [0.717, 1.165) is 33.0 Å². The van der Waals surface area contributed by atoms with Gasteiger partial charge in [0.05, 0.1) is 6.20 Å². The van der Waals surface area contributed by atoms with Crippen LogP contribution in [-0.4, -0.2) is 21.4 Å². The van der Waals surface area contributed by atoms with Crippen molar-refractivity contribution in [3.8, 4) is 0 Å². The number of aromatic nitrogens is 3. The minimum atomic E-state index is 0.725. The third-order valence-corrected chi connectivity index (χ3v) is 4.01. The van der Waals surface area contributed by atoms with Crippen LogP contribution in [-0.2, 0) is 0 Å². The maximum atomic E-state index is 4.54. The van der Waals surface area contributed by atoms with E-state index in [2.05, 4.69) is 43.5 Å². The second-order valence-corrected chi connectivity index (χ2v) is 5.27. The molecule has 0 saturated heterocycles. The summed E-state index contributed by atoms with van der Waals surface area (Å²) >= 11 is 3.54. The fourth-order valence-corrected chi connectivity index (χ4v) is 2.37. The molecule has 0 radical (unpaired) electrons. The van der Waals surface area contributed by atoms with Gasteiger partial charge in [0.15, 0.2) is 11.5 Å². The van der Waals surface area contributed by atoms with Gasteiger partial charge in [-0.25, -0.2) is 9.97 Å². The van der Waals surface area contributed by atoms with Crippen LogP contribution >= 0.6 is 15.9 Å². The number of hydrogen-bond acceptors (Lipinski definition) is 4. The molecule has 6 heteroatoms. The van der Waals surface area contributed by atoms with Crippen LogP contribution in [0.25, 0.3) is 5.65 Å². The predicted molar refractivity (Wildman–Crippen MR) is 84.7 cm³/mol. The molecule has 102 valence electrons. The predicted octanol–water partition coefficient (Wildman–Crippen LogP) is 3.59. The second-order valence-electron chi connectivity index (χ2n) is 4.42. The summed E-state index contributed by atoms with van der Waals surface area (Å²) in [6, 6.07) is 6.03. The number of imidazole rings is 1. The minimum absolute atomic E-state index is 0.725. The number of rotatable bonds is 3. The Kier molecular flexibility index (Phi) is 3.31. The van der Waals surface area contributed by atoms with E-state index in [4.69, 9.17) is 0 Å². The lowest BCUT2D eigenvalue weighted by atomic mass is 10.2. The van der Waals surface area contributed by atoms with E-state index < -0.39 is 0 Å². The smallest absolute Gasteiger partial charge is 0.180 e. The van der Waals surface area contributed by atoms with Gasteiger partial charge in [-0.1, -0.05) is 22.0 Å². The summed E-state index contributed by atoms with van der Waals surface area (Å²) < 4.78 is 3.00. The highest BCUT2D eigenvalue weighted by Gasteiger charge is 2.09. The third-order valence-electron chi connectivity index (χ3n) is 3.15. The van der Waals surface area contributed by atoms with Crippen molar-refractivity contribution in [2.45, 2.75) is 6.92 Å². The topological polar surface area (TPSA) is 54.2 Å². The van der Waals surface area contributed by atoms with Crippen molar-refractivity contribution in [2.75, 3.05) is 17.7 Å². The lowest BCUT2D eigenvalue weighted by Crippen LogP contribution is -2.03. The van der Waals surface area contributed by atoms with E-state index in [0.29, 0.717) is 0 Å². The zero-order valence-electron chi connectivity index (χ0n) is 11.2. The Morgan fingerprint density at radius 3 is 2.95 bits per heavy atom.